The first-order chi connectivity index (χ1) is 12.5. The topological polar surface area (TPSA) is 67.6 Å². The molecule has 1 aromatic carbocycles. The van der Waals surface area contributed by atoms with E-state index >= 15 is 0 Å². The summed E-state index contributed by atoms with van der Waals surface area (Å²) in [5.41, 5.74) is 2.51. The molecule has 1 fully saturated rings. The lowest BCUT2D eigenvalue weighted by Gasteiger charge is -2.42. The van der Waals surface area contributed by atoms with E-state index in [0.717, 1.165) is 11.3 Å². The van der Waals surface area contributed by atoms with Crippen molar-refractivity contribution in [2.75, 3.05) is 26.3 Å². The molecule has 0 bridgehead atoms. The number of ether oxygens (including phenoxy) is 1. The Morgan fingerprint density at radius 3 is 2.69 bits per heavy atom. The van der Waals surface area contributed by atoms with E-state index in [-0.39, 0.29) is 12.5 Å². The molecule has 6 heteroatoms. The number of morpholine rings is 1. The van der Waals surface area contributed by atoms with Crippen LogP contribution < -0.4 is 0 Å². The number of aryl methyl sites for hydroxylation is 3. The predicted molar refractivity (Wildman–Crippen MR) is 98.8 cm³/mol. The molecule has 1 saturated heterocycles. The van der Waals surface area contributed by atoms with Gasteiger partial charge in [0.05, 0.1) is 25.5 Å². The molecule has 3 rings (SSSR count). The minimum atomic E-state index is -0.731. The highest BCUT2D eigenvalue weighted by molar-refractivity contribution is 5.76. The van der Waals surface area contributed by atoms with E-state index in [9.17, 15) is 9.90 Å². The third-order valence-electron chi connectivity index (χ3n) is 4.86. The van der Waals surface area contributed by atoms with E-state index in [4.69, 9.17) is 4.74 Å². The molecule has 26 heavy (non-hydrogen) atoms. The van der Waals surface area contributed by atoms with Crippen LogP contribution in [0.3, 0.4) is 0 Å². The molecule has 0 radical (unpaired) electrons. The number of hydrogen-bond donors (Lipinski definition) is 1. The molecule has 2 aromatic rings. The largest absolute Gasteiger partial charge is 0.393 e. The lowest BCUT2D eigenvalue weighted by molar-refractivity contribution is -0.158. The number of aliphatic hydroxyl groups is 1. The molecule has 140 valence electrons. The summed E-state index contributed by atoms with van der Waals surface area (Å²) in [7, 11) is 0. The fourth-order valence-corrected chi connectivity index (χ4v) is 3.35. The van der Waals surface area contributed by atoms with E-state index in [1.807, 2.05) is 31.0 Å². The van der Waals surface area contributed by atoms with Gasteiger partial charge in [0.2, 0.25) is 5.91 Å². The maximum atomic E-state index is 12.6. The number of aromatic nitrogens is 2. The van der Waals surface area contributed by atoms with Gasteiger partial charge in [-0.05, 0) is 25.5 Å². The second-order valence-electron chi connectivity index (χ2n) is 7.14. The van der Waals surface area contributed by atoms with Crippen LogP contribution in [0, 0.1) is 13.8 Å². The number of hydrogen-bond acceptors (Lipinski definition) is 4. The third-order valence-corrected chi connectivity index (χ3v) is 4.86. The van der Waals surface area contributed by atoms with Crippen LogP contribution >= 0.6 is 0 Å². The van der Waals surface area contributed by atoms with E-state index < -0.39 is 5.60 Å². The molecule has 6 nitrogen and oxygen atoms in total. The van der Waals surface area contributed by atoms with Crippen LogP contribution in [0.4, 0.5) is 0 Å². The summed E-state index contributed by atoms with van der Waals surface area (Å²) in [5.74, 6) is 0.0724. The molecule has 1 aliphatic rings. The first-order valence-corrected chi connectivity index (χ1v) is 9.08. The SMILES string of the molecule is Cc1ccc(C[C@]2(CO)CN(C(=O)CCn3ccc(C)n3)CCO2)cc1. The minimum absolute atomic E-state index is 0.0724. The van der Waals surface area contributed by atoms with Gasteiger partial charge < -0.3 is 14.7 Å². The number of amides is 1. The Kier molecular flexibility index (Phi) is 5.74. The van der Waals surface area contributed by atoms with Crippen molar-refractivity contribution in [3.05, 3.63) is 53.3 Å². The highest BCUT2D eigenvalue weighted by atomic mass is 16.5. The van der Waals surface area contributed by atoms with E-state index in [1.165, 1.54) is 5.56 Å². The van der Waals surface area contributed by atoms with Crippen LogP contribution in [0.25, 0.3) is 0 Å². The van der Waals surface area contributed by atoms with Crippen molar-refractivity contribution in [3.63, 3.8) is 0 Å². The Morgan fingerprint density at radius 1 is 1.27 bits per heavy atom. The smallest absolute Gasteiger partial charge is 0.224 e. The van der Waals surface area contributed by atoms with Crippen LogP contribution in [0.5, 0.6) is 0 Å². The highest BCUT2D eigenvalue weighted by Gasteiger charge is 2.38. The zero-order chi connectivity index (χ0) is 18.6. The summed E-state index contributed by atoms with van der Waals surface area (Å²) in [6.07, 6.45) is 2.87. The molecule has 1 N–H and O–H groups in total. The van der Waals surface area contributed by atoms with Crippen molar-refractivity contribution in [1.29, 1.82) is 0 Å². The first kappa shape index (κ1) is 18.6. The Hall–Kier alpha value is -2.18. The van der Waals surface area contributed by atoms with Gasteiger partial charge in [0.25, 0.3) is 0 Å². The number of rotatable bonds is 6. The van der Waals surface area contributed by atoms with E-state index in [1.54, 1.807) is 4.68 Å². The average Bonchev–Trinajstić information content (AvgIpc) is 3.07. The Labute approximate surface area is 154 Å². The van der Waals surface area contributed by atoms with Crippen LogP contribution in [0.15, 0.2) is 36.5 Å². The molecule has 1 aliphatic heterocycles. The number of aliphatic hydroxyl groups excluding tert-OH is 1. The molecule has 1 amide bonds. The van der Waals surface area contributed by atoms with Crippen molar-refractivity contribution in [2.24, 2.45) is 0 Å². The molecule has 1 aromatic heterocycles. The highest BCUT2D eigenvalue weighted by Crippen LogP contribution is 2.24. The molecule has 2 heterocycles. The zero-order valence-electron chi connectivity index (χ0n) is 15.5. The molecule has 0 saturated carbocycles. The van der Waals surface area contributed by atoms with E-state index in [2.05, 4.69) is 29.4 Å². The second kappa shape index (κ2) is 8.01. The summed E-state index contributed by atoms with van der Waals surface area (Å²) in [4.78, 5) is 14.4. The van der Waals surface area contributed by atoms with Gasteiger partial charge in [-0.2, -0.15) is 5.10 Å². The maximum Gasteiger partial charge on any atom is 0.224 e. The van der Waals surface area contributed by atoms with Crippen LogP contribution in [0.1, 0.15) is 23.2 Å². The summed E-state index contributed by atoms with van der Waals surface area (Å²) >= 11 is 0. The molecule has 1 atom stereocenters. The normalized spacial score (nSPS) is 20.3. The summed E-state index contributed by atoms with van der Waals surface area (Å²) in [6, 6.07) is 10.1. The van der Waals surface area contributed by atoms with Gasteiger partial charge in [-0.1, -0.05) is 29.8 Å². The third kappa shape index (κ3) is 4.51. The summed E-state index contributed by atoms with van der Waals surface area (Å²) in [5, 5.41) is 14.3. The van der Waals surface area contributed by atoms with Gasteiger partial charge in [-0.25, -0.2) is 0 Å². The van der Waals surface area contributed by atoms with Gasteiger partial charge >= 0.3 is 0 Å². The fourth-order valence-electron chi connectivity index (χ4n) is 3.35. The summed E-state index contributed by atoms with van der Waals surface area (Å²) in [6.45, 7) is 5.85. The van der Waals surface area contributed by atoms with Crippen molar-refractivity contribution in [2.45, 2.75) is 38.8 Å². The molecule has 0 spiro atoms. The van der Waals surface area contributed by atoms with Crippen LogP contribution in [0.2, 0.25) is 0 Å². The fraction of sp³-hybridized carbons (Fsp3) is 0.500. The number of carbonyl (C=O) groups excluding carboxylic acids is 1. The lowest BCUT2D eigenvalue weighted by Crippen LogP contribution is -2.56. The Bertz CT molecular complexity index is 741. The van der Waals surface area contributed by atoms with Gasteiger partial charge in [-0.15, -0.1) is 0 Å². The van der Waals surface area contributed by atoms with Crippen molar-refractivity contribution < 1.29 is 14.6 Å². The minimum Gasteiger partial charge on any atom is -0.393 e. The summed E-state index contributed by atoms with van der Waals surface area (Å²) < 4.78 is 7.72. The second-order valence-corrected chi connectivity index (χ2v) is 7.14. The van der Waals surface area contributed by atoms with Crippen LogP contribution in [-0.2, 0) is 22.5 Å². The molecule has 0 unspecified atom stereocenters. The number of nitrogens with zero attached hydrogens (tertiary/aromatic N) is 3. The van der Waals surface area contributed by atoms with Crippen molar-refractivity contribution >= 4 is 5.91 Å². The monoisotopic (exact) mass is 357 g/mol. The van der Waals surface area contributed by atoms with Gasteiger partial charge in [-0.3, -0.25) is 9.48 Å². The predicted octanol–water partition coefficient (Wildman–Crippen LogP) is 1.72. The number of benzene rings is 1. The van der Waals surface area contributed by atoms with Gasteiger partial charge in [0.15, 0.2) is 0 Å². The van der Waals surface area contributed by atoms with E-state index in [0.29, 0.717) is 39.1 Å². The van der Waals surface area contributed by atoms with Gasteiger partial charge in [0.1, 0.15) is 5.60 Å². The van der Waals surface area contributed by atoms with Crippen molar-refractivity contribution in [3.8, 4) is 0 Å². The van der Waals surface area contributed by atoms with Crippen molar-refractivity contribution in [1.82, 2.24) is 14.7 Å². The first-order valence-electron chi connectivity index (χ1n) is 9.08. The average molecular weight is 357 g/mol. The molecular formula is C20H27N3O3. The Balaban J connectivity index is 1.62. The van der Waals surface area contributed by atoms with Crippen LogP contribution in [-0.4, -0.2) is 57.6 Å². The maximum absolute atomic E-state index is 12.6. The molecular weight excluding hydrogens is 330 g/mol. The quantitative estimate of drug-likeness (QED) is 0.855. The Morgan fingerprint density at radius 2 is 2.04 bits per heavy atom. The zero-order valence-corrected chi connectivity index (χ0v) is 15.5. The lowest BCUT2D eigenvalue weighted by atomic mass is 9.92. The number of carbonyl (C=O) groups is 1. The molecule has 0 aliphatic carbocycles. The van der Waals surface area contributed by atoms with Gasteiger partial charge in [0, 0.05) is 32.1 Å². The standard InChI is InChI=1S/C20H27N3O3/c1-16-3-5-18(6-4-16)13-20(15-24)14-22(11-12-26-20)19(25)8-10-23-9-7-17(2)21-23/h3-7,9,24H,8,10-15H2,1-2H3/t20-/m1/s1.